The summed E-state index contributed by atoms with van der Waals surface area (Å²) in [6.45, 7) is 0. The molecule has 2 aromatic rings. The van der Waals surface area contributed by atoms with E-state index in [0.717, 1.165) is 0 Å². The lowest BCUT2D eigenvalue weighted by molar-refractivity contribution is 0.0731. The Bertz CT molecular complexity index is 575. The summed E-state index contributed by atoms with van der Waals surface area (Å²) in [5.41, 5.74) is 0.159. The molecule has 0 aliphatic heterocycles. The van der Waals surface area contributed by atoms with E-state index in [1.165, 1.54) is 12.1 Å². The highest BCUT2D eigenvalue weighted by Gasteiger charge is 2.12. The minimum Gasteiger partial charge on any atom is -0.507 e. The summed E-state index contributed by atoms with van der Waals surface area (Å²) < 4.78 is 5.08. The second kappa shape index (κ2) is 7.42. The number of esters is 1. The quantitative estimate of drug-likeness (QED) is 0.575. The summed E-state index contributed by atoms with van der Waals surface area (Å²) in [5.74, 6) is -0.191. The highest BCUT2D eigenvalue weighted by Crippen LogP contribution is 2.18. The van der Waals surface area contributed by atoms with E-state index in [0.29, 0.717) is 5.75 Å². The van der Waals surface area contributed by atoms with E-state index in [4.69, 9.17) is 19.7 Å². The number of rotatable bonds is 2. The second-order valence-corrected chi connectivity index (χ2v) is 3.50. The summed E-state index contributed by atoms with van der Waals surface area (Å²) in [6, 6.07) is 15.0. The molecule has 3 N–H and O–H groups in total. The molecular weight excluding hydrogens is 264 g/mol. The molecule has 0 aliphatic carbocycles. The van der Waals surface area contributed by atoms with Crippen LogP contribution in [-0.2, 0) is 0 Å². The second-order valence-electron chi connectivity index (χ2n) is 3.50. The fourth-order valence-corrected chi connectivity index (χ4v) is 1.30. The van der Waals surface area contributed by atoms with Crippen molar-refractivity contribution in [2.45, 2.75) is 0 Å². The van der Waals surface area contributed by atoms with Crippen molar-refractivity contribution in [2.75, 3.05) is 0 Å². The van der Waals surface area contributed by atoms with Crippen LogP contribution < -0.4 is 4.74 Å². The molecule has 0 heterocycles. The van der Waals surface area contributed by atoms with Crippen molar-refractivity contribution in [1.82, 2.24) is 0 Å². The van der Waals surface area contributed by atoms with Gasteiger partial charge in [-0.25, -0.2) is 9.59 Å². The zero-order chi connectivity index (χ0) is 15.0. The number of aromatic hydroxyl groups is 1. The molecule has 0 bridgehead atoms. The number of carbonyl (C=O) groups excluding carboxylic acids is 1. The van der Waals surface area contributed by atoms with Crippen LogP contribution in [0, 0.1) is 0 Å². The zero-order valence-corrected chi connectivity index (χ0v) is 10.3. The van der Waals surface area contributed by atoms with Gasteiger partial charge in [-0.05, 0) is 24.3 Å². The lowest BCUT2D eigenvalue weighted by Crippen LogP contribution is -2.08. The van der Waals surface area contributed by atoms with Gasteiger partial charge in [0, 0.05) is 0 Å². The van der Waals surface area contributed by atoms with Crippen molar-refractivity contribution in [3.63, 3.8) is 0 Å². The number of ether oxygens (including phenoxy) is 1. The smallest absolute Gasteiger partial charge is 0.503 e. The van der Waals surface area contributed by atoms with Gasteiger partial charge in [0.15, 0.2) is 0 Å². The first kappa shape index (κ1) is 15.0. The highest BCUT2D eigenvalue weighted by atomic mass is 16.6. The van der Waals surface area contributed by atoms with Crippen molar-refractivity contribution < 1.29 is 29.6 Å². The van der Waals surface area contributed by atoms with Gasteiger partial charge in [-0.15, -0.1) is 0 Å². The Labute approximate surface area is 114 Å². The van der Waals surface area contributed by atoms with E-state index < -0.39 is 12.1 Å². The minimum atomic E-state index is -1.83. The van der Waals surface area contributed by atoms with Crippen LogP contribution in [0.15, 0.2) is 54.6 Å². The number of phenolic OH excluding ortho intramolecular Hbond substituents is 1. The lowest BCUT2D eigenvalue weighted by atomic mass is 10.2. The largest absolute Gasteiger partial charge is 0.507 e. The Morgan fingerprint density at radius 3 is 1.90 bits per heavy atom. The first-order valence-electron chi connectivity index (χ1n) is 5.48. The third-order valence-electron chi connectivity index (χ3n) is 2.08. The molecule has 0 aliphatic rings. The van der Waals surface area contributed by atoms with Crippen LogP contribution in [0.5, 0.6) is 11.5 Å². The van der Waals surface area contributed by atoms with Gasteiger partial charge < -0.3 is 20.1 Å². The third-order valence-corrected chi connectivity index (χ3v) is 2.08. The van der Waals surface area contributed by atoms with Crippen LogP contribution in [0.1, 0.15) is 10.4 Å². The first-order chi connectivity index (χ1) is 9.50. The van der Waals surface area contributed by atoms with Gasteiger partial charge in [-0.1, -0.05) is 30.3 Å². The van der Waals surface area contributed by atoms with Crippen LogP contribution >= 0.6 is 0 Å². The molecule has 2 rings (SSSR count). The van der Waals surface area contributed by atoms with Crippen LogP contribution in [0.4, 0.5) is 4.79 Å². The van der Waals surface area contributed by atoms with Gasteiger partial charge in [0.1, 0.15) is 17.1 Å². The number of carboxylic acid groups (broad SMARTS) is 2. The average molecular weight is 276 g/mol. The Morgan fingerprint density at radius 1 is 0.850 bits per heavy atom. The van der Waals surface area contributed by atoms with Gasteiger partial charge in [-0.2, -0.15) is 0 Å². The normalized spacial score (nSPS) is 9.00. The molecule has 6 heteroatoms. The molecule has 0 radical (unpaired) electrons. The van der Waals surface area contributed by atoms with Crippen molar-refractivity contribution in [3.05, 3.63) is 60.2 Å². The van der Waals surface area contributed by atoms with Gasteiger partial charge in [0.05, 0.1) is 0 Å². The summed E-state index contributed by atoms with van der Waals surface area (Å²) in [6.07, 6.45) is -1.83. The van der Waals surface area contributed by atoms with E-state index in [1.807, 2.05) is 6.07 Å². The molecule has 20 heavy (non-hydrogen) atoms. The Kier molecular flexibility index (Phi) is 5.58. The maximum absolute atomic E-state index is 11.7. The van der Waals surface area contributed by atoms with Crippen molar-refractivity contribution in [2.24, 2.45) is 0 Å². The molecule has 0 amide bonds. The standard InChI is InChI=1S/C13H10O3.CH2O3/c14-12-9-5-4-8-11(12)13(15)16-10-6-2-1-3-7-10;2-1(3)4/h1-9,14H;(H2,2,3,4). The maximum Gasteiger partial charge on any atom is 0.503 e. The molecule has 0 aromatic heterocycles. The topological polar surface area (TPSA) is 104 Å². The maximum atomic E-state index is 11.7. The van der Waals surface area contributed by atoms with E-state index in [9.17, 15) is 9.90 Å². The molecule has 0 atom stereocenters. The molecule has 0 saturated carbocycles. The van der Waals surface area contributed by atoms with E-state index in [2.05, 4.69) is 0 Å². The molecular formula is C14H12O6. The fraction of sp³-hybridized carbons (Fsp3) is 0. The third kappa shape index (κ3) is 5.09. The Hall–Kier alpha value is -3.02. The number of carbonyl (C=O) groups is 2. The Morgan fingerprint density at radius 2 is 1.35 bits per heavy atom. The number of para-hydroxylation sites is 2. The van der Waals surface area contributed by atoms with E-state index >= 15 is 0 Å². The summed E-state index contributed by atoms with van der Waals surface area (Å²) >= 11 is 0. The van der Waals surface area contributed by atoms with Gasteiger partial charge in [0.2, 0.25) is 0 Å². The fourth-order valence-electron chi connectivity index (χ4n) is 1.30. The average Bonchev–Trinajstić information content (AvgIpc) is 2.39. The van der Waals surface area contributed by atoms with Crippen LogP contribution in [-0.4, -0.2) is 27.4 Å². The molecule has 0 saturated heterocycles. The lowest BCUT2D eigenvalue weighted by Gasteiger charge is -2.04. The number of benzene rings is 2. The Balaban J connectivity index is 0.000000444. The van der Waals surface area contributed by atoms with E-state index in [1.54, 1.807) is 36.4 Å². The molecule has 0 spiro atoms. The van der Waals surface area contributed by atoms with Crippen molar-refractivity contribution in [1.29, 1.82) is 0 Å². The summed E-state index contributed by atoms with van der Waals surface area (Å²) in [7, 11) is 0. The SMILES string of the molecule is O=C(O)O.O=C(Oc1ccccc1)c1ccccc1O. The van der Waals surface area contributed by atoms with Gasteiger partial charge in [0.25, 0.3) is 0 Å². The van der Waals surface area contributed by atoms with Crippen LogP contribution in [0.25, 0.3) is 0 Å². The predicted octanol–water partition coefficient (Wildman–Crippen LogP) is 2.83. The van der Waals surface area contributed by atoms with Crippen LogP contribution in [0.2, 0.25) is 0 Å². The highest BCUT2D eigenvalue weighted by molar-refractivity contribution is 5.93. The first-order valence-corrected chi connectivity index (χ1v) is 5.48. The summed E-state index contributed by atoms with van der Waals surface area (Å²) in [5, 5.41) is 23.4. The minimum absolute atomic E-state index is 0.0802. The molecule has 6 nitrogen and oxygen atoms in total. The molecule has 2 aromatic carbocycles. The number of phenols is 1. The van der Waals surface area contributed by atoms with Crippen molar-refractivity contribution >= 4 is 12.1 Å². The molecule has 0 unspecified atom stereocenters. The van der Waals surface area contributed by atoms with Crippen molar-refractivity contribution in [3.8, 4) is 11.5 Å². The summed E-state index contributed by atoms with van der Waals surface area (Å²) in [4.78, 5) is 20.2. The van der Waals surface area contributed by atoms with E-state index in [-0.39, 0.29) is 11.3 Å². The monoisotopic (exact) mass is 276 g/mol. The number of hydrogen-bond donors (Lipinski definition) is 3. The zero-order valence-electron chi connectivity index (χ0n) is 10.3. The van der Waals surface area contributed by atoms with Gasteiger partial charge in [-0.3, -0.25) is 0 Å². The van der Waals surface area contributed by atoms with Gasteiger partial charge >= 0.3 is 12.1 Å². The molecule has 0 fully saturated rings. The number of hydrogen-bond acceptors (Lipinski definition) is 4. The predicted molar refractivity (Wildman–Crippen MR) is 70.2 cm³/mol. The molecule has 104 valence electrons. The van der Waals surface area contributed by atoms with Crippen LogP contribution in [0.3, 0.4) is 0 Å².